The second-order valence-corrected chi connectivity index (χ2v) is 0.346. The fourth-order valence-electron chi connectivity index (χ4n) is 0. The summed E-state index contributed by atoms with van der Waals surface area (Å²) < 4.78 is 0. The van der Waals surface area contributed by atoms with Crippen molar-refractivity contribution >= 4 is 36.9 Å². The van der Waals surface area contributed by atoms with Crippen molar-refractivity contribution in [1.29, 1.82) is 0 Å². The van der Waals surface area contributed by atoms with Gasteiger partial charge in [0, 0.05) is 29.6 Å². The predicted octanol–water partition coefficient (Wildman–Crippen LogP) is -2.43. The Bertz CT molecular complexity index is 11.6. The summed E-state index contributed by atoms with van der Waals surface area (Å²) in [6.45, 7) is 0. The summed E-state index contributed by atoms with van der Waals surface area (Å²) in [6, 6.07) is 0. The Morgan fingerprint density at radius 1 is 1.00 bits per heavy atom. The SMILES string of the molecule is OB(O)O.[Na]. The third kappa shape index (κ3) is 48.0. The molecule has 0 spiro atoms. The quantitative estimate of drug-likeness (QED) is 0.286. The van der Waals surface area contributed by atoms with Crippen molar-refractivity contribution in [3.63, 3.8) is 0 Å². The van der Waals surface area contributed by atoms with Gasteiger partial charge in [-0.15, -0.1) is 0 Å². The maximum absolute atomic E-state index is 7.17. The molecule has 0 aromatic heterocycles. The van der Waals surface area contributed by atoms with Crippen molar-refractivity contribution in [3.8, 4) is 0 Å². The summed E-state index contributed by atoms with van der Waals surface area (Å²) in [5, 5.41) is 21.5. The third-order valence-electron chi connectivity index (χ3n) is 0. The largest absolute Gasteiger partial charge is 0.631 e. The minimum Gasteiger partial charge on any atom is -0.402 e. The van der Waals surface area contributed by atoms with Gasteiger partial charge in [0.1, 0.15) is 0 Å². The van der Waals surface area contributed by atoms with Crippen LogP contribution in [0.3, 0.4) is 0 Å². The standard InChI is InChI=1S/BH3O3.Na/c2-1(3)4;/h2-4H;. The first-order valence-corrected chi connectivity index (χ1v) is 0.775. The van der Waals surface area contributed by atoms with Crippen LogP contribution in [0.15, 0.2) is 0 Å². The van der Waals surface area contributed by atoms with E-state index in [1.165, 1.54) is 0 Å². The van der Waals surface area contributed by atoms with Crippen LogP contribution < -0.4 is 0 Å². The van der Waals surface area contributed by atoms with E-state index in [4.69, 9.17) is 15.1 Å². The van der Waals surface area contributed by atoms with Crippen molar-refractivity contribution in [1.82, 2.24) is 0 Å². The zero-order valence-corrected chi connectivity index (χ0v) is 4.92. The van der Waals surface area contributed by atoms with E-state index in [1.54, 1.807) is 0 Å². The summed E-state index contributed by atoms with van der Waals surface area (Å²) in [7, 11) is -2.17. The van der Waals surface area contributed by atoms with E-state index in [1.807, 2.05) is 0 Å². The van der Waals surface area contributed by atoms with Crippen molar-refractivity contribution in [2.24, 2.45) is 0 Å². The molecule has 0 heterocycles. The monoisotopic (exact) mass is 85.0 g/mol. The van der Waals surface area contributed by atoms with Crippen molar-refractivity contribution in [3.05, 3.63) is 0 Å². The molecule has 0 fully saturated rings. The Morgan fingerprint density at radius 2 is 1.00 bits per heavy atom. The van der Waals surface area contributed by atoms with Crippen molar-refractivity contribution in [2.75, 3.05) is 0 Å². The van der Waals surface area contributed by atoms with E-state index in [2.05, 4.69) is 0 Å². The number of hydrogen-bond donors (Lipinski definition) is 3. The third-order valence-corrected chi connectivity index (χ3v) is 0. The Morgan fingerprint density at radius 3 is 1.00 bits per heavy atom. The molecule has 3 N–H and O–H groups in total. The molecule has 0 aliphatic heterocycles. The van der Waals surface area contributed by atoms with E-state index in [0.717, 1.165) is 0 Å². The minimum atomic E-state index is -2.17. The van der Waals surface area contributed by atoms with E-state index >= 15 is 0 Å². The first-order valence-electron chi connectivity index (χ1n) is 0.775. The van der Waals surface area contributed by atoms with E-state index in [0.29, 0.717) is 0 Å². The van der Waals surface area contributed by atoms with Gasteiger partial charge in [-0.1, -0.05) is 0 Å². The van der Waals surface area contributed by atoms with Gasteiger partial charge in [-0.05, 0) is 0 Å². The zero-order chi connectivity index (χ0) is 3.58. The van der Waals surface area contributed by atoms with Gasteiger partial charge in [0.15, 0.2) is 0 Å². The van der Waals surface area contributed by atoms with E-state index in [-0.39, 0.29) is 29.6 Å². The molecule has 0 unspecified atom stereocenters. The molecule has 25 valence electrons. The van der Waals surface area contributed by atoms with Crippen LogP contribution in [0.25, 0.3) is 0 Å². The van der Waals surface area contributed by atoms with Crippen molar-refractivity contribution < 1.29 is 15.1 Å². The molecule has 1 radical (unpaired) electrons. The first kappa shape index (κ1) is 9.34. The Balaban J connectivity index is 0. The normalized spacial score (nSPS) is 5.40. The molecule has 5 heavy (non-hydrogen) atoms. The van der Waals surface area contributed by atoms with Crippen LogP contribution in [0.4, 0.5) is 0 Å². The topological polar surface area (TPSA) is 60.7 Å². The fraction of sp³-hybridized carbons (Fsp3) is 0. The molecule has 0 atom stereocenters. The molecule has 5 heteroatoms. The summed E-state index contributed by atoms with van der Waals surface area (Å²) in [5.74, 6) is 0. The van der Waals surface area contributed by atoms with E-state index in [9.17, 15) is 0 Å². The molecule has 0 rings (SSSR count). The van der Waals surface area contributed by atoms with Crippen LogP contribution in [-0.4, -0.2) is 52.0 Å². The molecule has 0 bridgehead atoms. The smallest absolute Gasteiger partial charge is 0.402 e. The van der Waals surface area contributed by atoms with Crippen molar-refractivity contribution in [2.45, 2.75) is 0 Å². The number of rotatable bonds is 0. The summed E-state index contributed by atoms with van der Waals surface area (Å²) in [6.07, 6.45) is 0. The van der Waals surface area contributed by atoms with Gasteiger partial charge in [-0.2, -0.15) is 0 Å². The van der Waals surface area contributed by atoms with Crippen LogP contribution >= 0.6 is 0 Å². The summed E-state index contributed by atoms with van der Waals surface area (Å²) >= 11 is 0. The fourth-order valence-corrected chi connectivity index (χ4v) is 0. The van der Waals surface area contributed by atoms with Gasteiger partial charge in [0.25, 0.3) is 0 Å². The molecule has 3 nitrogen and oxygen atoms in total. The predicted molar refractivity (Wildman–Crippen MR) is 18.2 cm³/mol. The van der Waals surface area contributed by atoms with E-state index < -0.39 is 7.32 Å². The van der Waals surface area contributed by atoms with Gasteiger partial charge in [-0.25, -0.2) is 0 Å². The molecule has 0 aromatic carbocycles. The summed E-state index contributed by atoms with van der Waals surface area (Å²) in [5.41, 5.74) is 0. The molecule has 0 aromatic rings. The van der Waals surface area contributed by atoms with Crippen LogP contribution in [0, 0.1) is 0 Å². The molecule has 0 aliphatic rings. The maximum Gasteiger partial charge on any atom is 0.631 e. The average Bonchev–Trinajstić information content (AvgIpc) is 0.811. The van der Waals surface area contributed by atoms with Gasteiger partial charge >= 0.3 is 7.32 Å². The molecule has 0 aliphatic carbocycles. The Kier molecular flexibility index (Phi) is 9.24. The van der Waals surface area contributed by atoms with Gasteiger partial charge in [0.05, 0.1) is 0 Å². The minimum absolute atomic E-state index is 0. The van der Waals surface area contributed by atoms with Crippen LogP contribution in [-0.2, 0) is 0 Å². The second-order valence-electron chi connectivity index (χ2n) is 0.346. The van der Waals surface area contributed by atoms with Gasteiger partial charge in [0.2, 0.25) is 0 Å². The number of hydrogen-bond acceptors (Lipinski definition) is 3. The van der Waals surface area contributed by atoms with Gasteiger partial charge < -0.3 is 15.1 Å². The molecule has 0 saturated heterocycles. The molecule has 0 saturated carbocycles. The van der Waals surface area contributed by atoms with Crippen LogP contribution in [0.5, 0.6) is 0 Å². The molecular formula is H3BNaO3. The maximum atomic E-state index is 7.17. The van der Waals surface area contributed by atoms with Crippen LogP contribution in [0.1, 0.15) is 0 Å². The summed E-state index contributed by atoms with van der Waals surface area (Å²) in [4.78, 5) is 0. The Labute approximate surface area is 52.1 Å². The average molecular weight is 84.8 g/mol. The second kappa shape index (κ2) is 4.94. The Hall–Kier alpha value is 0.945. The zero-order valence-electron chi connectivity index (χ0n) is 2.92. The van der Waals surface area contributed by atoms with Gasteiger partial charge in [-0.3, -0.25) is 0 Å². The first-order chi connectivity index (χ1) is 1.73. The van der Waals surface area contributed by atoms with Crippen LogP contribution in [0.2, 0.25) is 0 Å². The molecule has 0 amide bonds. The molecular weight excluding hydrogens is 81.8 g/mol.